The van der Waals surface area contributed by atoms with Crippen LogP contribution in [0.5, 0.6) is 11.5 Å². The minimum atomic E-state index is 0.311. The van der Waals surface area contributed by atoms with E-state index in [2.05, 4.69) is 17.0 Å². The Morgan fingerprint density at radius 1 is 1.00 bits per heavy atom. The van der Waals surface area contributed by atoms with Crippen molar-refractivity contribution in [3.8, 4) is 11.5 Å². The average molecular weight is 254 g/mol. The number of fused-ring (bicyclic) bond motifs is 2. The maximum absolute atomic E-state index is 6.03. The molecule has 0 radical (unpaired) electrons. The Hall–Kier alpha value is -2.36. The molecule has 0 fully saturated rings. The molecular formula is C15H14N2O2. The van der Waals surface area contributed by atoms with E-state index in [-0.39, 0.29) is 0 Å². The van der Waals surface area contributed by atoms with Gasteiger partial charge in [-0.25, -0.2) is 0 Å². The van der Waals surface area contributed by atoms with Crippen molar-refractivity contribution in [2.24, 2.45) is 0 Å². The summed E-state index contributed by atoms with van der Waals surface area (Å²) in [4.78, 5) is 2.29. The first-order valence-corrected chi connectivity index (χ1v) is 6.32. The molecule has 2 aromatic rings. The molecule has 0 aromatic heterocycles. The van der Waals surface area contributed by atoms with Gasteiger partial charge in [-0.05, 0) is 29.3 Å². The normalized spacial score (nSPS) is 15.7. The second-order valence-corrected chi connectivity index (χ2v) is 4.88. The molecule has 19 heavy (non-hydrogen) atoms. The van der Waals surface area contributed by atoms with Crippen LogP contribution in [0.15, 0.2) is 36.4 Å². The van der Waals surface area contributed by atoms with Gasteiger partial charge in [-0.15, -0.1) is 0 Å². The van der Waals surface area contributed by atoms with Crippen LogP contribution in [0.1, 0.15) is 11.1 Å². The van der Waals surface area contributed by atoms with Crippen molar-refractivity contribution in [2.45, 2.75) is 13.1 Å². The molecule has 0 amide bonds. The number of hydrogen-bond donors (Lipinski definition) is 1. The summed E-state index contributed by atoms with van der Waals surface area (Å²) in [7, 11) is 0. The van der Waals surface area contributed by atoms with E-state index in [4.69, 9.17) is 15.2 Å². The molecule has 4 rings (SSSR count). The molecule has 4 nitrogen and oxygen atoms in total. The fraction of sp³-hybridized carbons (Fsp3) is 0.200. The Balaban J connectivity index is 1.68. The van der Waals surface area contributed by atoms with Crippen LogP contribution in [0.2, 0.25) is 0 Å². The monoisotopic (exact) mass is 254 g/mol. The zero-order chi connectivity index (χ0) is 12.8. The lowest BCUT2D eigenvalue weighted by atomic mass is 10.1. The summed E-state index contributed by atoms with van der Waals surface area (Å²) < 4.78 is 10.8. The summed E-state index contributed by atoms with van der Waals surface area (Å²) in [6, 6.07) is 12.2. The quantitative estimate of drug-likeness (QED) is 0.794. The van der Waals surface area contributed by atoms with Crippen molar-refractivity contribution in [3.05, 3.63) is 47.5 Å². The molecule has 4 heteroatoms. The van der Waals surface area contributed by atoms with E-state index in [1.165, 1.54) is 11.1 Å². The van der Waals surface area contributed by atoms with E-state index < -0.39 is 0 Å². The van der Waals surface area contributed by atoms with Gasteiger partial charge in [-0.2, -0.15) is 0 Å². The van der Waals surface area contributed by atoms with Gasteiger partial charge < -0.3 is 20.1 Å². The van der Waals surface area contributed by atoms with Crippen molar-refractivity contribution >= 4 is 11.4 Å². The number of rotatable bonds is 1. The molecule has 2 N–H and O–H groups in total. The third kappa shape index (κ3) is 1.60. The maximum atomic E-state index is 6.03. The summed E-state index contributed by atoms with van der Waals surface area (Å²) in [5, 5.41) is 0. The van der Waals surface area contributed by atoms with Crippen LogP contribution in [-0.4, -0.2) is 6.79 Å². The molecule has 2 heterocycles. The van der Waals surface area contributed by atoms with Crippen molar-refractivity contribution in [1.82, 2.24) is 0 Å². The first-order valence-electron chi connectivity index (χ1n) is 6.32. The summed E-state index contributed by atoms with van der Waals surface area (Å²) in [5.41, 5.74) is 10.6. The van der Waals surface area contributed by atoms with Crippen LogP contribution >= 0.6 is 0 Å². The van der Waals surface area contributed by atoms with Crippen LogP contribution in [0, 0.1) is 0 Å². The zero-order valence-corrected chi connectivity index (χ0v) is 10.4. The molecule has 0 spiro atoms. The van der Waals surface area contributed by atoms with Crippen LogP contribution in [0.4, 0.5) is 11.4 Å². The Morgan fingerprint density at radius 3 is 2.79 bits per heavy atom. The standard InChI is InChI=1S/C15H14N2O2/c16-13-3-1-2-10-7-17(8-12(10)13)11-4-5-14-15(6-11)19-9-18-14/h1-6H,7-9,16H2. The van der Waals surface area contributed by atoms with Gasteiger partial charge in [0, 0.05) is 30.5 Å². The lowest BCUT2D eigenvalue weighted by Gasteiger charge is -2.18. The van der Waals surface area contributed by atoms with Crippen LogP contribution in [0.3, 0.4) is 0 Å². The highest BCUT2D eigenvalue weighted by molar-refractivity contribution is 5.62. The molecule has 0 aliphatic carbocycles. The zero-order valence-electron chi connectivity index (χ0n) is 10.4. The van der Waals surface area contributed by atoms with Gasteiger partial charge >= 0.3 is 0 Å². The third-order valence-corrected chi connectivity index (χ3v) is 3.74. The van der Waals surface area contributed by atoms with E-state index in [1.54, 1.807) is 0 Å². The number of nitrogens with two attached hydrogens (primary N) is 1. The van der Waals surface area contributed by atoms with Crippen molar-refractivity contribution in [3.63, 3.8) is 0 Å². The van der Waals surface area contributed by atoms with Gasteiger partial charge in [0.2, 0.25) is 6.79 Å². The summed E-state index contributed by atoms with van der Waals surface area (Å²) in [5.74, 6) is 1.64. The highest BCUT2D eigenvalue weighted by Gasteiger charge is 2.23. The van der Waals surface area contributed by atoms with Gasteiger partial charge in [0.15, 0.2) is 11.5 Å². The predicted octanol–water partition coefficient (Wildman–Crippen LogP) is 2.52. The van der Waals surface area contributed by atoms with E-state index in [9.17, 15) is 0 Å². The van der Waals surface area contributed by atoms with Gasteiger partial charge in [0.05, 0.1) is 0 Å². The molecule has 0 atom stereocenters. The predicted molar refractivity (Wildman–Crippen MR) is 73.3 cm³/mol. The minimum Gasteiger partial charge on any atom is -0.454 e. The van der Waals surface area contributed by atoms with Crippen LogP contribution in [0.25, 0.3) is 0 Å². The fourth-order valence-electron chi connectivity index (χ4n) is 2.71. The Labute approximate surface area is 111 Å². The Morgan fingerprint density at radius 2 is 1.89 bits per heavy atom. The van der Waals surface area contributed by atoms with Gasteiger partial charge in [-0.1, -0.05) is 12.1 Å². The maximum Gasteiger partial charge on any atom is 0.231 e. The highest BCUT2D eigenvalue weighted by atomic mass is 16.7. The first kappa shape index (κ1) is 10.6. The van der Waals surface area contributed by atoms with E-state index in [0.29, 0.717) is 6.79 Å². The molecule has 0 saturated carbocycles. The molecule has 2 aromatic carbocycles. The smallest absolute Gasteiger partial charge is 0.231 e. The molecule has 2 aliphatic heterocycles. The molecule has 96 valence electrons. The van der Waals surface area contributed by atoms with Crippen molar-refractivity contribution in [1.29, 1.82) is 0 Å². The summed E-state index contributed by atoms with van der Waals surface area (Å²) in [6.07, 6.45) is 0. The van der Waals surface area contributed by atoms with E-state index in [1.807, 2.05) is 24.3 Å². The summed E-state index contributed by atoms with van der Waals surface area (Å²) >= 11 is 0. The number of nitrogens with zero attached hydrogens (tertiary/aromatic N) is 1. The van der Waals surface area contributed by atoms with E-state index >= 15 is 0 Å². The molecule has 0 unspecified atom stereocenters. The Kier molecular flexibility index (Phi) is 2.12. The highest BCUT2D eigenvalue weighted by Crippen LogP contribution is 2.38. The topological polar surface area (TPSA) is 47.7 Å². The minimum absolute atomic E-state index is 0.311. The lowest BCUT2D eigenvalue weighted by Crippen LogP contribution is -2.14. The van der Waals surface area contributed by atoms with Gasteiger partial charge in [0.1, 0.15) is 0 Å². The van der Waals surface area contributed by atoms with Crippen molar-refractivity contribution in [2.75, 3.05) is 17.4 Å². The second kappa shape index (κ2) is 3.82. The third-order valence-electron chi connectivity index (χ3n) is 3.74. The number of ether oxygens (including phenoxy) is 2. The number of nitrogen functional groups attached to an aromatic ring is 1. The average Bonchev–Trinajstić information content (AvgIpc) is 3.04. The Bertz CT molecular complexity index is 655. The van der Waals surface area contributed by atoms with Gasteiger partial charge in [-0.3, -0.25) is 0 Å². The molecular weight excluding hydrogens is 240 g/mol. The number of hydrogen-bond acceptors (Lipinski definition) is 4. The lowest BCUT2D eigenvalue weighted by molar-refractivity contribution is 0.174. The van der Waals surface area contributed by atoms with Crippen LogP contribution in [-0.2, 0) is 13.1 Å². The van der Waals surface area contributed by atoms with Gasteiger partial charge in [0.25, 0.3) is 0 Å². The molecule has 2 aliphatic rings. The first-order chi connectivity index (χ1) is 9.31. The number of benzene rings is 2. The SMILES string of the molecule is Nc1cccc2c1CN(c1ccc3c(c1)OCO3)C2. The van der Waals surface area contributed by atoms with Crippen molar-refractivity contribution < 1.29 is 9.47 Å². The molecule has 0 saturated heterocycles. The van der Waals surface area contributed by atoms with Crippen LogP contribution < -0.4 is 20.1 Å². The summed E-state index contributed by atoms with van der Waals surface area (Å²) in [6.45, 7) is 2.05. The second-order valence-electron chi connectivity index (χ2n) is 4.88. The largest absolute Gasteiger partial charge is 0.454 e. The number of anilines is 2. The molecule has 0 bridgehead atoms. The fourth-order valence-corrected chi connectivity index (χ4v) is 2.71. The van der Waals surface area contributed by atoms with E-state index in [0.717, 1.165) is 36.0 Å².